The minimum absolute atomic E-state index is 0.957. The molecule has 0 saturated carbocycles. The third-order valence-corrected chi connectivity index (χ3v) is 20.5. The molecule has 0 N–H and O–H groups in total. The van der Waals surface area contributed by atoms with E-state index in [1.165, 1.54) is 63.7 Å². The van der Waals surface area contributed by atoms with Crippen LogP contribution in [0.4, 0.5) is 0 Å². The largest absolute Gasteiger partial charge is 0.179 e. The highest BCUT2D eigenvalue weighted by Gasteiger charge is 2.44. The molecular weight excluding hydrogens is 645 g/mol. The first kappa shape index (κ1) is 31.2. The Morgan fingerprint density at radius 1 is 0.235 bits per heavy atom. The second kappa shape index (κ2) is 13.1. The van der Waals surface area contributed by atoms with Crippen molar-refractivity contribution in [3.8, 4) is 11.1 Å². The molecule has 2 heteroatoms. The van der Waals surface area contributed by atoms with Crippen LogP contribution in [0.5, 0.6) is 0 Å². The number of benzene rings is 8. The third kappa shape index (κ3) is 5.10. The van der Waals surface area contributed by atoms with Crippen molar-refractivity contribution >= 4 is 57.6 Å². The Bertz CT molecular complexity index is 2040. The molecule has 0 radical (unpaired) electrons. The molecule has 242 valence electrons. The number of hydrogen-bond donors (Lipinski definition) is 0. The van der Waals surface area contributed by atoms with E-state index in [2.05, 4.69) is 218 Å². The Morgan fingerprint density at radius 2 is 0.471 bits per heavy atom. The summed E-state index contributed by atoms with van der Waals surface area (Å²) in [4.78, 5) is 0. The van der Waals surface area contributed by atoms with Crippen molar-refractivity contribution in [3.05, 3.63) is 230 Å². The van der Waals surface area contributed by atoms with Gasteiger partial charge in [-0.3, -0.25) is 0 Å². The predicted octanol–water partition coefficient (Wildman–Crippen LogP) is 6.01. The van der Waals surface area contributed by atoms with Crippen LogP contribution in [-0.2, 0) is 6.42 Å². The molecule has 0 spiro atoms. The van der Waals surface area contributed by atoms with Crippen LogP contribution in [0.15, 0.2) is 218 Å². The molecule has 0 nitrogen and oxygen atoms in total. The van der Waals surface area contributed by atoms with Crippen LogP contribution in [0, 0.1) is 0 Å². The number of fused-ring (bicyclic) bond motifs is 3. The molecule has 0 atom stereocenters. The van der Waals surface area contributed by atoms with Crippen molar-refractivity contribution in [2.45, 2.75) is 6.42 Å². The maximum absolute atomic E-state index is 2.66. The monoisotopic (exact) mass is 682 g/mol. The summed E-state index contributed by atoms with van der Waals surface area (Å²) in [7, 11) is -5.33. The van der Waals surface area contributed by atoms with Crippen molar-refractivity contribution in [1.29, 1.82) is 0 Å². The first-order valence-electron chi connectivity index (χ1n) is 17.9. The summed E-state index contributed by atoms with van der Waals surface area (Å²) in [5.74, 6) is 0. The number of rotatable bonds is 8. The van der Waals surface area contributed by atoms with Crippen molar-refractivity contribution in [2.24, 2.45) is 0 Å². The van der Waals surface area contributed by atoms with E-state index < -0.39 is 16.1 Å². The summed E-state index contributed by atoms with van der Waals surface area (Å²) in [5, 5.41) is 11.2. The summed E-state index contributed by atoms with van der Waals surface area (Å²) < 4.78 is 0. The Labute approximate surface area is 303 Å². The van der Waals surface area contributed by atoms with E-state index in [0.717, 1.165) is 6.42 Å². The van der Waals surface area contributed by atoms with Crippen molar-refractivity contribution in [3.63, 3.8) is 0 Å². The fourth-order valence-electron chi connectivity index (χ4n) is 8.76. The van der Waals surface area contributed by atoms with E-state index in [0.29, 0.717) is 0 Å². The minimum Gasteiger partial charge on any atom is -0.0623 e. The molecule has 0 unspecified atom stereocenters. The average molecular weight is 683 g/mol. The predicted molar refractivity (Wildman–Crippen MR) is 222 cm³/mol. The highest BCUT2D eigenvalue weighted by Crippen LogP contribution is 2.36. The van der Waals surface area contributed by atoms with Gasteiger partial charge in [0.2, 0.25) is 0 Å². The summed E-state index contributed by atoms with van der Waals surface area (Å²) in [5.41, 5.74) is 5.57. The molecule has 0 saturated heterocycles. The maximum atomic E-state index is 2.57. The summed E-state index contributed by atoms with van der Waals surface area (Å²) in [6.07, 6.45) is 0.957. The van der Waals surface area contributed by atoms with Crippen LogP contribution in [0.25, 0.3) is 11.1 Å². The van der Waals surface area contributed by atoms with Crippen LogP contribution in [0.2, 0.25) is 0 Å². The Hall–Kier alpha value is -5.81. The molecule has 0 amide bonds. The highest BCUT2D eigenvalue weighted by molar-refractivity contribution is 7.20. The van der Waals surface area contributed by atoms with Gasteiger partial charge in [0.15, 0.2) is 16.1 Å². The smallest absolute Gasteiger partial charge is 0.0623 e. The normalized spacial score (nSPS) is 12.2. The Balaban J connectivity index is 1.31. The van der Waals surface area contributed by atoms with Gasteiger partial charge >= 0.3 is 0 Å². The molecule has 0 aliphatic heterocycles. The van der Waals surface area contributed by atoms with E-state index in [4.69, 9.17) is 0 Å². The van der Waals surface area contributed by atoms with Crippen LogP contribution in [0.1, 0.15) is 11.1 Å². The van der Waals surface area contributed by atoms with Gasteiger partial charge < -0.3 is 0 Å². The zero-order valence-electron chi connectivity index (χ0n) is 28.5. The molecule has 0 heterocycles. The zero-order chi connectivity index (χ0) is 34.1. The molecule has 1 aliphatic carbocycles. The summed E-state index contributed by atoms with van der Waals surface area (Å²) in [6.45, 7) is 0. The first-order chi connectivity index (χ1) is 25.3. The van der Waals surface area contributed by atoms with Crippen molar-refractivity contribution in [1.82, 2.24) is 0 Å². The zero-order valence-corrected chi connectivity index (χ0v) is 30.5. The van der Waals surface area contributed by atoms with Gasteiger partial charge in [0.1, 0.15) is 0 Å². The lowest BCUT2D eigenvalue weighted by Gasteiger charge is -2.35. The second-order valence-electron chi connectivity index (χ2n) is 13.6. The van der Waals surface area contributed by atoms with Gasteiger partial charge in [0.05, 0.1) is 0 Å². The second-order valence-corrected chi connectivity index (χ2v) is 21.2. The van der Waals surface area contributed by atoms with Crippen LogP contribution >= 0.6 is 0 Å². The Kier molecular flexibility index (Phi) is 8.04. The van der Waals surface area contributed by atoms with E-state index in [1.54, 1.807) is 0 Å². The molecule has 0 aromatic heterocycles. The quantitative estimate of drug-likeness (QED) is 0.136. The van der Waals surface area contributed by atoms with Gasteiger partial charge in [-0.25, -0.2) is 0 Å². The van der Waals surface area contributed by atoms with E-state index in [9.17, 15) is 0 Å². The van der Waals surface area contributed by atoms with Gasteiger partial charge in [-0.2, -0.15) is 0 Å². The SMILES string of the molecule is c1ccc([Si](c2ccccc2)(c2ccccc2)c2ccc3c(c2)-c2cc([Si](c4ccccc4)(c4ccccc4)c4ccccc4)ccc2C3)cc1. The van der Waals surface area contributed by atoms with Crippen LogP contribution < -0.4 is 41.5 Å². The lowest BCUT2D eigenvalue weighted by atomic mass is 10.1. The minimum atomic E-state index is -2.66. The van der Waals surface area contributed by atoms with Crippen LogP contribution in [-0.4, -0.2) is 16.1 Å². The summed E-state index contributed by atoms with van der Waals surface area (Å²) >= 11 is 0. The molecule has 1 aliphatic rings. The maximum Gasteiger partial charge on any atom is 0.179 e. The van der Waals surface area contributed by atoms with Crippen molar-refractivity contribution in [2.75, 3.05) is 0 Å². The molecular formula is C49H38Si2. The molecule has 8 aromatic rings. The third-order valence-electron chi connectivity index (χ3n) is 11.0. The fraction of sp³-hybridized carbons (Fsp3) is 0.0204. The number of hydrogen-bond acceptors (Lipinski definition) is 0. The Morgan fingerprint density at radius 3 is 0.706 bits per heavy atom. The lowest BCUT2D eigenvalue weighted by Crippen LogP contribution is -2.74. The van der Waals surface area contributed by atoms with Gasteiger partial charge in [0.25, 0.3) is 0 Å². The molecule has 0 fully saturated rings. The first-order valence-corrected chi connectivity index (χ1v) is 21.9. The molecule has 8 aromatic carbocycles. The van der Waals surface area contributed by atoms with E-state index in [-0.39, 0.29) is 0 Å². The highest BCUT2D eigenvalue weighted by atomic mass is 28.3. The van der Waals surface area contributed by atoms with E-state index >= 15 is 0 Å². The van der Waals surface area contributed by atoms with Gasteiger partial charge in [-0.15, -0.1) is 0 Å². The van der Waals surface area contributed by atoms with Crippen LogP contribution in [0.3, 0.4) is 0 Å². The van der Waals surface area contributed by atoms with Gasteiger partial charge in [-0.1, -0.05) is 218 Å². The van der Waals surface area contributed by atoms with Crippen molar-refractivity contribution < 1.29 is 0 Å². The fourth-order valence-corrected chi connectivity index (χ4v) is 18.3. The average Bonchev–Trinajstić information content (AvgIpc) is 3.59. The topological polar surface area (TPSA) is 0 Å². The lowest BCUT2D eigenvalue weighted by molar-refractivity contribution is 1.27. The summed E-state index contributed by atoms with van der Waals surface area (Å²) in [6, 6.07) is 82.4. The van der Waals surface area contributed by atoms with Gasteiger partial charge in [0, 0.05) is 0 Å². The molecule has 0 bridgehead atoms. The van der Waals surface area contributed by atoms with E-state index in [1.807, 2.05) is 0 Å². The van der Waals surface area contributed by atoms with Gasteiger partial charge in [-0.05, 0) is 70.2 Å². The molecule has 9 rings (SSSR count). The standard InChI is InChI=1S/C49H38Si2/c1-7-19-40(20-8-1)50(41-21-9-2-10-22-41,42-23-11-3-12-24-42)46-33-31-38-35-39-32-34-47(37-49(39)48(38)36-46)51(43-25-13-4-14-26-43,44-27-15-5-16-28-44)45-29-17-6-18-30-45/h1-34,36-37H,35H2. The molecule has 51 heavy (non-hydrogen) atoms.